The van der Waals surface area contributed by atoms with Gasteiger partial charge in [0.25, 0.3) is 0 Å². The Hall–Kier alpha value is -1.10. The summed E-state index contributed by atoms with van der Waals surface area (Å²) < 4.78 is 0. The molecule has 0 amide bonds. The molecule has 0 radical (unpaired) electrons. The number of rotatable bonds is 1. The molecule has 1 saturated heterocycles. The van der Waals surface area contributed by atoms with Crippen molar-refractivity contribution in [1.82, 2.24) is 20.5 Å². The Morgan fingerprint density at radius 3 is 3.00 bits per heavy atom. The molecule has 60 valence electrons. The van der Waals surface area contributed by atoms with Gasteiger partial charge in [0, 0.05) is 0 Å². The Morgan fingerprint density at radius 2 is 2.45 bits per heavy atom. The van der Waals surface area contributed by atoms with Crippen molar-refractivity contribution >= 4 is 5.95 Å². The van der Waals surface area contributed by atoms with Crippen molar-refractivity contribution in [2.24, 2.45) is 0 Å². The molecule has 0 saturated carbocycles. The summed E-state index contributed by atoms with van der Waals surface area (Å²) in [7, 11) is 0. The van der Waals surface area contributed by atoms with E-state index in [9.17, 15) is 0 Å². The van der Waals surface area contributed by atoms with Crippen LogP contribution in [0.4, 0.5) is 5.95 Å². The van der Waals surface area contributed by atoms with E-state index in [-0.39, 0.29) is 0 Å². The first-order chi connectivity index (χ1) is 5.36. The fourth-order valence-corrected chi connectivity index (χ4v) is 1.36. The Kier molecular flexibility index (Phi) is 1.50. The molecule has 5 heteroatoms. The quantitative estimate of drug-likeness (QED) is 0.522. The first-order valence-electron chi connectivity index (χ1n) is 3.77. The van der Waals surface area contributed by atoms with Gasteiger partial charge in [-0.1, -0.05) is 0 Å². The third kappa shape index (κ3) is 1.19. The Morgan fingerprint density at radius 1 is 1.55 bits per heavy atom. The van der Waals surface area contributed by atoms with Crippen LogP contribution in [0.15, 0.2) is 0 Å². The van der Waals surface area contributed by atoms with E-state index in [1.54, 1.807) is 0 Å². The second kappa shape index (κ2) is 2.50. The molecule has 1 aliphatic heterocycles. The zero-order chi connectivity index (χ0) is 7.68. The smallest absolute Gasteiger partial charge is 0.239 e. The highest BCUT2D eigenvalue weighted by molar-refractivity contribution is 5.14. The molecule has 1 fully saturated rings. The zero-order valence-electron chi connectivity index (χ0n) is 6.17. The third-order valence-corrected chi connectivity index (χ3v) is 1.91. The van der Waals surface area contributed by atoms with Crippen molar-refractivity contribution in [3.8, 4) is 0 Å². The molecule has 0 aromatic carbocycles. The lowest BCUT2D eigenvalue weighted by atomic mass is 10.2. The normalized spacial score (nSPS) is 24.2. The molecule has 0 aliphatic carbocycles. The van der Waals surface area contributed by atoms with Gasteiger partial charge < -0.3 is 11.1 Å². The summed E-state index contributed by atoms with van der Waals surface area (Å²) in [6, 6.07) is 0.333. The van der Waals surface area contributed by atoms with Crippen LogP contribution in [0.1, 0.15) is 24.7 Å². The number of aromatic nitrogens is 3. The summed E-state index contributed by atoms with van der Waals surface area (Å²) in [5, 5.41) is 9.86. The van der Waals surface area contributed by atoms with Crippen molar-refractivity contribution < 1.29 is 0 Å². The van der Waals surface area contributed by atoms with E-state index in [1.807, 2.05) is 0 Å². The standard InChI is InChI=1S/C6H11N5/c7-6-9-5(10-11-6)4-2-1-3-8-4/h4,8H,1-3H2,(H3,7,9,10,11). The predicted molar refractivity (Wildman–Crippen MR) is 40.8 cm³/mol. The van der Waals surface area contributed by atoms with Crippen LogP contribution >= 0.6 is 0 Å². The number of hydrogen-bond acceptors (Lipinski definition) is 4. The molecule has 2 heterocycles. The van der Waals surface area contributed by atoms with Gasteiger partial charge in [-0.3, -0.25) is 5.10 Å². The average Bonchev–Trinajstić information content (AvgIpc) is 2.55. The lowest BCUT2D eigenvalue weighted by Crippen LogP contribution is -2.14. The van der Waals surface area contributed by atoms with Crippen molar-refractivity contribution in [3.05, 3.63) is 5.82 Å². The van der Waals surface area contributed by atoms with Gasteiger partial charge in [0.1, 0.15) is 5.82 Å². The van der Waals surface area contributed by atoms with E-state index >= 15 is 0 Å². The van der Waals surface area contributed by atoms with Crippen LogP contribution in [0, 0.1) is 0 Å². The first-order valence-corrected chi connectivity index (χ1v) is 3.77. The number of nitrogens with one attached hydrogen (secondary N) is 2. The molecule has 4 N–H and O–H groups in total. The lowest BCUT2D eigenvalue weighted by Gasteiger charge is -2.03. The molecular weight excluding hydrogens is 142 g/mol. The van der Waals surface area contributed by atoms with Gasteiger partial charge in [0.2, 0.25) is 5.95 Å². The largest absolute Gasteiger partial charge is 0.367 e. The van der Waals surface area contributed by atoms with E-state index in [4.69, 9.17) is 5.73 Å². The van der Waals surface area contributed by atoms with Crippen LogP contribution < -0.4 is 11.1 Å². The topological polar surface area (TPSA) is 79.6 Å². The summed E-state index contributed by atoms with van der Waals surface area (Å²) in [6.07, 6.45) is 2.32. The maximum Gasteiger partial charge on any atom is 0.239 e. The predicted octanol–water partition coefficient (Wildman–Crippen LogP) is -0.189. The highest BCUT2D eigenvalue weighted by Crippen LogP contribution is 2.19. The Balaban J connectivity index is 2.15. The summed E-state index contributed by atoms with van der Waals surface area (Å²) in [5.41, 5.74) is 5.36. The molecule has 0 spiro atoms. The monoisotopic (exact) mass is 153 g/mol. The van der Waals surface area contributed by atoms with Crippen LogP contribution in [0.25, 0.3) is 0 Å². The van der Waals surface area contributed by atoms with Crippen LogP contribution in [-0.2, 0) is 0 Å². The van der Waals surface area contributed by atoms with E-state index in [0.29, 0.717) is 12.0 Å². The minimum atomic E-state index is 0.328. The number of nitrogens with zero attached hydrogens (tertiary/aromatic N) is 2. The average molecular weight is 153 g/mol. The number of hydrogen-bond donors (Lipinski definition) is 3. The maximum atomic E-state index is 5.36. The fourth-order valence-electron chi connectivity index (χ4n) is 1.36. The molecule has 1 aliphatic rings. The van der Waals surface area contributed by atoms with E-state index < -0.39 is 0 Å². The summed E-state index contributed by atoms with van der Waals surface area (Å²) in [5.74, 6) is 1.19. The first kappa shape index (κ1) is 6.60. The molecule has 1 aromatic heterocycles. The Bertz CT molecular complexity index is 237. The summed E-state index contributed by atoms with van der Waals surface area (Å²) >= 11 is 0. The molecule has 11 heavy (non-hydrogen) atoms. The second-order valence-electron chi connectivity index (χ2n) is 2.73. The fraction of sp³-hybridized carbons (Fsp3) is 0.667. The molecule has 1 aromatic rings. The van der Waals surface area contributed by atoms with Crippen LogP contribution in [0.3, 0.4) is 0 Å². The minimum Gasteiger partial charge on any atom is -0.367 e. The van der Waals surface area contributed by atoms with Gasteiger partial charge in [-0.2, -0.15) is 4.98 Å². The van der Waals surface area contributed by atoms with Crippen LogP contribution in [0.5, 0.6) is 0 Å². The maximum absolute atomic E-state index is 5.36. The van der Waals surface area contributed by atoms with Gasteiger partial charge in [0.05, 0.1) is 6.04 Å². The van der Waals surface area contributed by atoms with Crippen LogP contribution in [-0.4, -0.2) is 21.7 Å². The number of H-pyrrole nitrogens is 1. The number of aromatic amines is 1. The van der Waals surface area contributed by atoms with Crippen LogP contribution in [0.2, 0.25) is 0 Å². The van der Waals surface area contributed by atoms with E-state index in [2.05, 4.69) is 20.5 Å². The lowest BCUT2D eigenvalue weighted by molar-refractivity contribution is 0.608. The van der Waals surface area contributed by atoms with Gasteiger partial charge in [-0.25, -0.2) is 0 Å². The third-order valence-electron chi connectivity index (χ3n) is 1.91. The molecule has 1 unspecified atom stereocenters. The molecule has 5 nitrogen and oxygen atoms in total. The van der Waals surface area contributed by atoms with E-state index in [1.165, 1.54) is 6.42 Å². The summed E-state index contributed by atoms with van der Waals surface area (Å²) in [4.78, 5) is 4.04. The highest BCUT2D eigenvalue weighted by Gasteiger charge is 2.18. The highest BCUT2D eigenvalue weighted by atomic mass is 15.3. The van der Waals surface area contributed by atoms with Crippen molar-refractivity contribution in [2.75, 3.05) is 12.3 Å². The molecule has 1 atom stereocenters. The summed E-state index contributed by atoms with van der Waals surface area (Å²) in [6.45, 7) is 1.06. The van der Waals surface area contributed by atoms with Crippen molar-refractivity contribution in [3.63, 3.8) is 0 Å². The zero-order valence-corrected chi connectivity index (χ0v) is 6.17. The van der Waals surface area contributed by atoms with Gasteiger partial charge >= 0.3 is 0 Å². The van der Waals surface area contributed by atoms with Gasteiger partial charge in [-0.15, -0.1) is 5.10 Å². The second-order valence-corrected chi connectivity index (χ2v) is 2.73. The number of nitrogen functional groups attached to an aromatic ring is 1. The number of anilines is 1. The molecular formula is C6H11N5. The SMILES string of the molecule is Nc1n[nH]c(C2CCCN2)n1. The Labute approximate surface area is 64.4 Å². The van der Waals surface area contributed by atoms with Gasteiger partial charge in [-0.05, 0) is 19.4 Å². The van der Waals surface area contributed by atoms with Crippen molar-refractivity contribution in [2.45, 2.75) is 18.9 Å². The molecule has 2 rings (SSSR count). The minimum absolute atomic E-state index is 0.328. The van der Waals surface area contributed by atoms with E-state index in [0.717, 1.165) is 18.8 Å². The molecule has 0 bridgehead atoms. The van der Waals surface area contributed by atoms with Crippen molar-refractivity contribution in [1.29, 1.82) is 0 Å². The number of nitrogens with two attached hydrogens (primary N) is 1. The van der Waals surface area contributed by atoms with Gasteiger partial charge in [0.15, 0.2) is 0 Å².